The number of carboxylic acid groups (broad SMARTS) is 1. The normalized spacial score (nSPS) is 10.2. The number of furan rings is 1. The van der Waals surface area contributed by atoms with Crippen LogP contribution in [0, 0.1) is 0 Å². The van der Waals surface area contributed by atoms with Gasteiger partial charge in [-0.15, -0.1) is 0 Å². The van der Waals surface area contributed by atoms with Crippen LogP contribution in [-0.2, 0) is 0 Å². The third-order valence-electron chi connectivity index (χ3n) is 2.07. The Morgan fingerprint density at radius 1 is 1.29 bits per heavy atom. The van der Waals surface area contributed by atoms with Crippen molar-refractivity contribution >= 4 is 17.7 Å². The van der Waals surface area contributed by atoms with E-state index in [2.05, 4.69) is 0 Å². The molecule has 1 heterocycles. The number of carbonyl (C=O) groups is 1. The van der Waals surface area contributed by atoms with Crippen LogP contribution in [0.25, 0.3) is 0 Å². The Hall–Kier alpha value is -1.88. The van der Waals surface area contributed by atoms with Crippen LogP contribution in [0.1, 0.15) is 10.6 Å². The first-order valence-electron chi connectivity index (χ1n) is 4.84. The number of rotatable bonds is 4. The van der Waals surface area contributed by atoms with E-state index < -0.39 is 5.97 Å². The molecule has 1 aromatic heterocycles. The fourth-order valence-electron chi connectivity index (χ4n) is 1.30. The van der Waals surface area contributed by atoms with Crippen LogP contribution in [0.2, 0.25) is 0 Å². The summed E-state index contributed by atoms with van der Waals surface area (Å²) >= 11 is 1.32. The molecule has 0 atom stereocenters. The zero-order chi connectivity index (χ0) is 12.3. The van der Waals surface area contributed by atoms with Crippen molar-refractivity contribution in [1.29, 1.82) is 0 Å². The summed E-state index contributed by atoms with van der Waals surface area (Å²) in [4.78, 5) is 11.5. The maximum absolute atomic E-state index is 10.7. The average Bonchev–Trinajstić information content (AvgIpc) is 2.78. The topological polar surface area (TPSA) is 59.7 Å². The van der Waals surface area contributed by atoms with Crippen molar-refractivity contribution in [1.82, 2.24) is 0 Å². The molecule has 0 aliphatic rings. The summed E-state index contributed by atoms with van der Waals surface area (Å²) in [6.07, 6.45) is 0. The highest BCUT2D eigenvalue weighted by Crippen LogP contribution is 2.35. The van der Waals surface area contributed by atoms with Crippen LogP contribution in [0.4, 0.5) is 0 Å². The van der Waals surface area contributed by atoms with Crippen molar-refractivity contribution in [2.45, 2.75) is 9.99 Å². The van der Waals surface area contributed by atoms with Gasteiger partial charge in [-0.2, -0.15) is 0 Å². The lowest BCUT2D eigenvalue weighted by Gasteiger charge is -2.05. The molecule has 0 aliphatic carbocycles. The number of aromatic carboxylic acids is 1. The minimum atomic E-state index is -1.07. The van der Waals surface area contributed by atoms with E-state index in [4.69, 9.17) is 14.3 Å². The summed E-state index contributed by atoms with van der Waals surface area (Å²) in [5, 5.41) is 9.26. The van der Waals surface area contributed by atoms with Crippen molar-refractivity contribution in [2.75, 3.05) is 7.11 Å². The van der Waals surface area contributed by atoms with Gasteiger partial charge in [0.05, 0.1) is 12.0 Å². The van der Waals surface area contributed by atoms with Gasteiger partial charge in [-0.05, 0) is 36.0 Å². The number of hydrogen-bond donors (Lipinski definition) is 1. The van der Waals surface area contributed by atoms with Gasteiger partial charge in [0.2, 0.25) is 5.76 Å². The summed E-state index contributed by atoms with van der Waals surface area (Å²) < 4.78 is 10.3. The molecule has 2 rings (SSSR count). The van der Waals surface area contributed by atoms with Crippen LogP contribution in [0.15, 0.2) is 50.8 Å². The summed E-state index contributed by atoms with van der Waals surface area (Å²) in [5.74, 6) is -0.412. The number of benzene rings is 1. The third-order valence-corrected chi connectivity index (χ3v) is 3.05. The van der Waals surface area contributed by atoms with E-state index >= 15 is 0 Å². The molecule has 5 heteroatoms. The van der Waals surface area contributed by atoms with Crippen LogP contribution in [-0.4, -0.2) is 18.2 Å². The lowest BCUT2D eigenvalue weighted by molar-refractivity contribution is 0.0656. The van der Waals surface area contributed by atoms with Crippen LogP contribution < -0.4 is 4.74 Å². The molecule has 4 nitrogen and oxygen atoms in total. The zero-order valence-corrected chi connectivity index (χ0v) is 9.86. The highest BCUT2D eigenvalue weighted by molar-refractivity contribution is 7.99. The molecule has 0 bridgehead atoms. The molecule has 2 aromatic rings. The second-order valence-electron chi connectivity index (χ2n) is 3.18. The Morgan fingerprint density at radius 2 is 2.06 bits per heavy atom. The number of hydrogen-bond acceptors (Lipinski definition) is 4. The molecule has 0 amide bonds. The van der Waals surface area contributed by atoms with Crippen LogP contribution in [0.3, 0.4) is 0 Å². The van der Waals surface area contributed by atoms with E-state index in [0.29, 0.717) is 5.09 Å². The van der Waals surface area contributed by atoms with E-state index in [-0.39, 0.29) is 5.76 Å². The first-order chi connectivity index (χ1) is 8.20. The Kier molecular flexibility index (Phi) is 3.39. The summed E-state index contributed by atoms with van der Waals surface area (Å²) in [5.41, 5.74) is 0. The van der Waals surface area contributed by atoms with Gasteiger partial charge >= 0.3 is 5.97 Å². The molecule has 0 saturated carbocycles. The molecule has 0 aliphatic heterocycles. The van der Waals surface area contributed by atoms with Gasteiger partial charge in [0, 0.05) is 0 Å². The van der Waals surface area contributed by atoms with Gasteiger partial charge in [0.25, 0.3) is 0 Å². The number of carboxylic acids is 1. The monoisotopic (exact) mass is 250 g/mol. The highest BCUT2D eigenvalue weighted by Gasteiger charge is 2.11. The fraction of sp³-hybridized carbons (Fsp3) is 0.0833. The van der Waals surface area contributed by atoms with Gasteiger partial charge in [-0.3, -0.25) is 0 Å². The number of ether oxygens (including phenoxy) is 1. The first-order valence-corrected chi connectivity index (χ1v) is 5.66. The quantitative estimate of drug-likeness (QED) is 0.903. The minimum absolute atomic E-state index is 0.0672. The van der Waals surface area contributed by atoms with E-state index in [0.717, 1.165) is 10.6 Å². The average molecular weight is 250 g/mol. The van der Waals surface area contributed by atoms with Gasteiger partial charge in [0.15, 0.2) is 5.09 Å². The molecule has 0 unspecified atom stereocenters. The predicted octanol–water partition coefficient (Wildman–Crippen LogP) is 3.14. The highest BCUT2D eigenvalue weighted by atomic mass is 32.2. The van der Waals surface area contributed by atoms with E-state index in [1.165, 1.54) is 17.8 Å². The molecule has 0 radical (unpaired) electrons. The fourth-order valence-corrected chi connectivity index (χ4v) is 2.18. The lowest BCUT2D eigenvalue weighted by Crippen LogP contribution is -1.91. The summed E-state index contributed by atoms with van der Waals surface area (Å²) in [7, 11) is 1.59. The lowest BCUT2D eigenvalue weighted by atomic mass is 10.3. The molecule has 0 spiro atoms. The van der Waals surface area contributed by atoms with E-state index in [1.54, 1.807) is 13.2 Å². The summed E-state index contributed by atoms with van der Waals surface area (Å²) in [6, 6.07) is 10.5. The first kappa shape index (κ1) is 11.6. The number of para-hydroxylation sites is 1. The van der Waals surface area contributed by atoms with Gasteiger partial charge in [-0.1, -0.05) is 12.1 Å². The standard InChI is InChI=1S/C12H10O4S/c1-15-8-4-2-3-5-10(8)17-11-7-6-9(16-11)12(13)14/h2-7H,1H3,(H,13,14). The molecule has 17 heavy (non-hydrogen) atoms. The second kappa shape index (κ2) is 4.97. The van der Waals surface area contributed by atoms with Crippen molar-refractivity contribution in [3.63, 3.8) is 0 Å². The molecular weight excluding hydrogens is 240 g/mol. The molecule has 1 N–H and O–H groups in total. The van der Waals surface area contributed by atoms with Crippen LogP contribution >= 0.6 is 11.8 Å². The SMILES string of the molecule is COc1ccccc1Sc1ccc(C(=O)O)o1. The predicted molar refractivity (Wildman–Crippen MR) is 62.8 cm³/mol. The smallest absolute Gasteiger partial charge is 0.371 e. The Balaban J connectivity index is 2.22. The molecule has 0 fully saturated rings. The van der Waals surface area contributed by atoms with E-state index in [1.807, 2.05) is 24.3 Å². The second-order valence-corrected chi connectivity index (χ2v) is 4.22. The maximum Gasteiger partial charge on any atom is 0.371 e. The minimum Gasteiger partial charge on any atom is -0.496 e. The largest absolute Gasteiger partial charge is 0.496 e. The Bertz CT molecular complexity index is 533. The van der Waals surface area contributed by atoms with Crippen molar-refractivity contribution in [2.24, 2.45) is 0 Å². The Morgan fingerprint density at radius 3 is 2.71 bits per heavy atom. The van der Waals surface area contributed by atoms with Gasteiger partial charge in [0.1, 0.15) is 5.75 Å². The molecule has 0 saturated heterocycles. The molecular formula is C12H10O4S. The van der Waals surface area contributed by atoms with Gasteiger partial charge in [-0.25, -0.2) is 4.79 Å². The number of methoxy groups -OCH3 is 1. The zero-order valence-electron chi connectivity index (χ0n) is 9.04. The Labute approximate surface area is 102 Å². The van der Waals surface area contributed by atoms with Crippen molar-refractivity contribution in [3.8, 4) is 5.75 Å². The van der Waals surface area contributed by atoms with E-state index in [9.17, 15) is 4.79 Å². The molecule has 88 valence electrons. The summed E-state index contributed by atoms with van der Waals surface area (Å²) in [6.45, 7) is 0. The van der Waals surface area contributed by atoms with Crippen molar-refractivity contribution in [3.05, 3.63) is 42.2 Å². The third kappa shape index (κ3) is 2.62. The van der Waals surface area contributed by atoms with Gasteiger partial charge < -0.3 is 14.3 Å². The van der Waals surface area contributed by atoms with Crippen molar-refractivity contribution < 1.29 is 19.1 Å². The molecule has 1 aromatic carbocycles. The van der Waals surface area contributed by atoms with Crippen LogP contribution in [0.5, 0.6) is 5.75 Å². The maximum atomic E-state index is 10.7.